The van der Waals surface area contributed by atoms with Gasteiger partial charge in [0.1, 0.15) is 12.1 Å². The maximum absolute atomic E-state index is 12.2. The molecular formula is C14H19Cl2N5O2. The Morgan fingerprint density at radius 2 is 2.22 bits per heavy atom. The first-order valence-electron chi connectivity index (χ1n) is 6.85. The molecule has 2 aromatic heterocycles. The van der Waals surface area contributed by atoms with Gasteiger partial charge < -0.3 is 15.7 Å². The minimum Gasteiger partial charge on any atom is -0.391 e. The monoisotopic (exact) mass is 359 g/mol. The van der Waals surface area contributed by atoms with Gasteiger partial charge in [-0.1, -0.05) is 0 Å². The lowest BCUT2D eigenvalue weighted by Crippen LogP contribution is -2.34. The molecule has 3 rings (SSSR count). The normalized spacial score (nSPS) is 19.5. The van der Waals surface area contributed by atoms with Crippen LogP contribution < -0.4 is 10.6 Å². The predicted octanol–water partition coefficient (Wildman–Crippen LogP) is 0.421. The first kappa shape index (κ1) is 19.4. The van der Waals surface area contributed by atoms with Crippen molar-refractivity contribution in [3.05, 3.63) is 42.6 Å². The summed E-state index contributed by atoms with van der Waals surface area (Å²) in [5.41, 5.74) is 0.536. The van der Waals surface area contributed by atoms with Crippen LogP contribution in [0.3, 0.4) is 0 Å². The van der Waals surface area contributed by atoms with Gasteiger partial charge in [-0.25, -0.2) is 9.97 Å². The lowest BCUT2D eigenvalue weighted by molar-refractivity contribution is 0.0927. The van der Waals surface area contributed by atoms with Crippen LogP contribution in [0.1, 0.15) is 10.4 Å². The number of hydrogen-bond acceptors (Lipinski definition) is 5. The minimum atomic E-state index is -0.399. The zero-order valence-corrected chi connectivity index (χ0v) is 13.9. The Kier molecular flexibility index (Phi) is 7.44. The predicted molar refractivity (Wildman–Crippen MR) is 90.6 cm³/mol. The number of aliphatic hydroxyl groups is 1. The molecule has 23 heavy (non-hydrogen) atoms. The smallest absolute Gasteiger partial charge is 0.251 e. The van der Waals surface area contributed by atoms with Crippen molar-refractivity contribution >= 4 is 30.7 Å². The highest BCUT2D eigenvalue weighted by Crippen LogP contribution is 2.09. The number of carbonyl (C=O) groups excluding carboxylic acids is 1. The number of aliphatic hydroxyl groups excluding tert-OH is 1. The molecule has 9 heteroatoms. The van der Waals surface area contributed by atoms with Crippen LogP contribution in [0.15, 0.2) is 37.1 Å². The van der Waals surface area contributed by atoms with Crippen LogP contribution in [0.2, 0.25) is 0 Å². The Morgan fingerprint density at radius 1 is 1.39 bits per heavy atom. The van der Waals surface area contributed by atoms with Crippen LogP contribution >= 0.6 is 24.8 Å². The number of hydrogen-bond donors (Lipinski definition) is 3. The summed E-state index contributed by atoms with van der Waals surface area (Å²) in [5, 5.41) is 15.7. The standard InChI is InChI=1S/C14H17N5O2.2ClH/c20-12-8-16-6-11(12)7-18-14(21)10-1-2-17-13(5-10)19-4-3-15-9-19;;/h1-5,9,11-12,16,20H,6-8H2,(H,18,21);2*1H. The molecule has 2 unspecified atom stereocenters. The molecule has 126 valence electrons. The summed E-state index contributed by atoms with van der Waals surface area (Å²) in [6, 6.07) is 3.37. The topological polar surface area (TPSA) is 92.1 Å². The van der Waals surface area contributed by atoms with Crippen LogP contribution in [0.5, 0.6) is 0 Å². The van der Waals surface area contributed by atoms with E-state index < -0.39 is 6.10 Å². The number of amides is 1. The third-order valence-corrected chi connectivity index (χ3v) is 3.61. The molecule has 2 atom stereocenters. The quantitative estimate of drug-likeness (QED) is 0.735. The van der Waals surface area contributed by atoms with Gasteiger partial charge in [0.05, 0.1) is 6.10 Å². The third-order valence-electron chi connectivity index (χ3n) is 3.61. The van der Waals surface area contributed by atoms with E-state index in [4.69, 9.17) is 0 Å². The van der Waals surface area contributed by atoms with Crippen molar-refractivity contribution in [3.8, 4) is 5.82 Å². The van der Waals surface area contributed by atoms with Gasteiger partial charge in [0.15, 0.2) is 0 Å². The Hall–Kier alpha value is -1.67. The van der Waals surface area contributed by atoms with E-state index in [2.05, 4.69) is 20.6 Å². The molecule has 1 fully saturated rings. The number of carbonyl (C=O) groups is 1. The molecule has 0 spiro atoms. The van der Waals surface area contributed by atoms with Crippen molar-refractivity contribution in [1.82, 2.24) is 25.2 Å². The second kappa shape index (κ2) is 8.83. The molecule has 0 radical (unpaired) electrons. The summed E-state index contributed by atoms with van der Waals surface area (Å²) >= 11 is 0. The van der Waals surface area contributed by atoms with Gasteiger partial charge in [-0.15, -0.1) is 24.8 Å². The van der Waals surface area contributed by atoms with E-state index in [1.165, 1.54) is 0 Å². The lowest BCUT2D eigenvalue weighted by atomic mass is 10.1. The summed E-state index contributed by atoms with van der Waals surface area (Å²) in [6.45, 7) is 1.76. The van der Waals surface area contributed by atoms with Crippen LogP contribution in [0.4, 0.5) is 0 Å². The first-order valence-corrected chi connectivity index (χ1v) is 6.85. The second-order valence-corrected chi connectivity index (χ2v) is 5.07. The highest BCUT2D eigenvalue weighted by Gasteiger charge is 2.25. The molecule has 0 bridgehead atoms. The van der Waals surface area contributed by atoms with E-state index in [0.29, 0.717) is 24.5 Å². The Morgan fingerprint density at radius 3 is 2.87 bits per heavy atom. The van der Waals surface area contributed by atoms with Gasteiger partial charge >= 0.3 is 0 Å². The van der Waals surface area contributed by atoms with Gasteiger partial charge in [0, 0.05) is 49.7 Å². The average Bonchev–Trinajstić information content (AvgIpc) is 3.16. The summed E-state index contributed by atoms with van der Waals surface area (Å²) in [5.74, 6) is 0.532. The van der Waals surface area contributed by atoms with Gasteiger partial charge in [-0.05, 0) is 12.1 Å². The van der Waals surface area contributed by atoms with E-state index in [0.717, 1.165) is 6.54 Å². The summed E-state index contributed by atoms with van der Waals surface area (Å²) in [4.78, 5) is 20.3. The van der Waals surface area contributed by atoms with E-state index in [1.807, 2.05) is 0 Å². The number of rotatable bonds is 4. The zero-order chi connectivity index (χ0) is 14.7. The van der Waals surface area contributed by atoms with Crippen molar-refractivity contribution in [3.63, 3.8) is 0 Å². The molecule has 1 aliphatic rings. The second-order valence-electron chi connectivity index (χ2n) is 5.07. The number of imidazole rings is 1. The van der Waals surface area contributed by atoms with E-state index in [9.17, 15) is 9.90 Å². The van der Waals surface area contributed by atoms with Gasteiger partial charge in [0.2, 0.25) is 0 Å². The van der Waals surface area contributed by atoms with Crippen LogP contribution in [0, 0.1) is 5.92 Å². The zero-order valence-electron chi connectivity index (χ0n) is 12.3. The fraction of sp³-hybridized carbons (Fsp3) is 0.357. The fourth-order valence-corrected chi connectivity index (χ4v) is 2.35. The van der Waals surface area contributed by atoms with Crippen molar-refractivity contribution in [2.45, 2.75) is 6.10 Å². The first-order chi connectivity index (χ1) is 10.2. The molecule has 7 nitrogen and oxygen atoms in total. The molecule has 1 saturated heterocycles. The molecule has 2 aromatic rings. The number of nitrogens with one attached hydrogen (secondary N) is 2. The molecule has 0 aromatic carbocycles. The summed E-state index contributed by atoms with van der Waals surface area (Å²) < 4.78 is 1.74. The maximum atomic E-state index is 12.2. The van der Waals surface area contributed by atoms with Crippen LogP contribution in [-0.4, -0.2) is 51.3 Å². The molecular weight excluding hydrogens is 341 g/mol. The third kappa shape index (κ3) is 4.65. The van der Waals surface area contributed by atoms with E-state index >= 15 is 0 Å². The average molecular weight is 360 g/mol. The van der Waals surface area contributed by atoms with Crippen LogP contribution in [-0.2, 0) is 0 Å². The Bertz CT molecular complexity index is 623. The number of nitrogens with zero attached hydrogens (tertiary/aromatic N) is 3. The molecule has 1 aliphatic heterocycles. The lowest BCUT2D eigenvalue weighted by Gasteiger charge is -2.14. The summed E-state index contributed by atoms with van der Waals surface area (Å²) in [6.07, 6.45) is 6.25. The highest BCUT2D eigenvalue weighted by atomic mass is 35.5. The SMILES string of the molecule is Cl.Cl.O=C(NCC1CNCC1O)c1ccnc(-n2ccnc2)c1. The number of β-amino-alcohol motifs (C(OH)–C–C–N with tert-alkyl or cyclic N) is 1. The molecule has 0 saturated carbocycles. The maximum Gasteiger partial charge on any atom is 0.251 e. The van der Waals surface area contributed by atoms with Crippen molar-refractivity contribution < 1.29 is 9.90 Å². The summed E-state index contributed by atoms with van der Waals surface area (Å²) in [7, 11) is 0. The van der Waals surface area contributed by atoms with E-state index in [-0.39, 0.29) is 36.6 Å². The Balaban J connectivity index is 0.00000132. The minimum absolute atomic E-state index is 0. The molecule has 3 N–H and O–H groups in total. The largest absolute Gasteiger partial charge is 0.391 e. The van der Waals surface area contributed by atoms with Crippen molar-refractivity contribution in [1.29, 1.82) is 0 Å². The molecule has 1 amide bonds. The van der Waals surface area contributed by atoms with Gasteiger partial charge in [-0.2, -0.15) is 0 Å². The molecule has 0 aliphatic carbocycles. The Labute approximate surface area is 146 Å². The van der Waals surface area contributed by atoms with E-state index in [1.54, 1.807) is 41.6 Å². The number of halogens is 2. The van der Waals surface area contributed by atoms with Crippen molar-refractivity contribution in [2.24, 2.45) is 5.92 Å². The van der Waals surface area contributed by atoms with Gasteiger partial charge in [0.25, 0.3) is 5.91 Å². The highest BCUT2D eigenvalue weighted by molar-refractivity contribution is 5.94. The van der Waals surface area contributed by atoms with Crippen molar-refractivity contribution in [2.75, 3.05) is 19.6 Å². The molecule has 3 heterocycles. The van der Waals surface area contributed by atoms with Crippen LogP contribution in [0.25, 0.3) is 5.82 Å². The fourth-order valence-electron chi connectivity index (χ4n) is 2.35. The number of aromatic nitrogens is 3. The number of pyridine rings is 1. The van der Waals surface area contributed by atoms with Gasteiger partial charge in [-0.3, -0.25) is 9.36 Å².